The van der Waals surface area contributed by atoms with Crippen LogP contribution >= 0.6 is 0 Å². The maximum atomic E-state index is 11.5. The van der Waals surface area contributed by atoms with Crippen LogP contribution in [0, 0.1) is 0 Å². The van der Waals surface area contributed by atoms with Crippen LogP contribution in [0.15, 0.2) is 0 Å². The Balaban J connectivity index is 1.75. The molecular formula is C11H21N3O. The van der Waals surface area contributed by atoms with Crippen LogP contribution in [0.3, 0.4) is 0 Å². The van der Waals surface area contributed by atoms with Gasteiger partial charge in [0.25, 0.3) is 0 Å². The van der Waals surface area contributed by atoms with E-state index in [1.807, 2.05) is 0 Å². The number of likely N-dealkylation sites (N-methyl/N-ethyl adjacent to an activating group) is 1. The lowest BCUT2D eigenvalue weighted by Crippen LogP contribution is -2.52. The molecule has 0 spiro atoms. The molecular weight excluding hydrogens is 190 g/mol. The van der Waals surface area contributed by atoms with Crippen LogP contribution in [0.25, 0.3) is 0 Å². The Morgan fingerprint density at radius 3 is 3.13 bits per heavy atom. The zero-order valence-corrected chi connectivity index (χ0v) is 9.54. The quantitative estimate of drug-likeness (QED) is 0.660. The van der Waals surface area contributed by atoms with Gasteiger partial charge < -0.3 is 10.2 Å². The van der Waals surface area contributed by atoms with Crippen molar-refractivity contribution < 1.29 is 4.79 Å². The summed E-state index contributed by atoms with van der Waals surface area (Å²) in [7, 11) is 0. The van der Waals surface area contributed by atoms with Gasteiger partial charge in [-0.05, 0) is 13.0 Å². The lowest BCUT2D eigenvalue weighted by atomic mass is 10.1. The Hall–Kier alpha value is -0.610. The van der Waals surface area contributed by atoms with E-state index in [4.69, 9.17) is 0 Å². The first-order chi connectivity index (χ1) is 7.31. The Morgan fingerprint density at radius 2 is 2.33 bits per heavy atom. The molecule has 0 bridgehead atoms. The highest BCUT2D eigenvalue weighted by molar-refractivity contribution is 5.78. The molecule has 2 fully saturated rings. The van der Waals surface area contributed by atoms with Gasteiger partial charge in [0.1, 0.15) is 0 Å². The molecule has 1 N–H and O–H groups in total. The lowest BCUT2D eigenvalue weighted by Gasteiger charge is -2.37. The second-order valence-corrected chi connectivity index (χ2v) is 4.43. The molecule has 0 radical (unpaired) electrons. The SMILES string of the molecule is CCNCCN1CCN2C(=O)CCC2C1. The first-order valence-electron chi connectivity index (χ1n) is 6.04. The van der Waals surface area contributed by atoms with Crippen molar-refractivity contribution in [2.24, 2.45) is 0 Å². The van der Waals surface area contributed by atoms with E-state index in [-0.39, 0.29) is 0 Å². The molecule has 0 aromatic carbocycles. The van der Waals surface area contributed by atoms with Crippen LogP contribution in [-0.4, -0.2) is 61.0 Å². The van der Waals surface area contributed by atoms with E-state index in [1.165, 1.54) is 0 Å². The third-order valence-corrected chi connectivity index (χ3v) is 3.43. The van der Waals surface area contributed by atoms with Gasteiger partial charge >= 0.3 is 0 Å². The Bertz CT molecular complexity index is 232. The highest BCUT2D eigenvalue weighted by Gasteiger charge is 2.34. The predicted octanol–water partition coefficient (Wildman–Crippen LogP) is -0.0975. The fraction of sp³-hybridized carbons (Fsp3) is 0.909. The minimum absolute atomic E-state index is 0.367. The van der Waals surface area contributed by atoms with Gasteiger partial charge in [0, 0.05) is 45.2 Å². The van der Waals surface area contributed by atoms with Crippen molar-refractivity contribution in [3.63, 3.8) is 0 Å². The molecule has 2 heterocycles. The molecule has 1 amide bonds. The smallest absolute Gasteiger partial charge is 0.222 e. The van der Waals surface area contributed by atoms with Gasteiger partial charge in [0.15, 0.2) is 0 Å². The summed E-state index contributed by atoms with van der Waals surface area (Å²) < 4.78 is 0. The molecule has 2 aliphatic heterocycles. The summed E-state index contributed by atoms with van der Waals surface area (Å²) in [6.07, 6.45) is 1.84. The van der Waals surface area contributed by atoms with E-state index in [0.717, 1.165) is 52.1 Å². The largest absolute Gasteiger partial charge is 0.337 e. The average molecular weight is 211 g/mol. The van der Waals surface area contributed by atoms with Crippen molar-refractivity contribution in [2.75, 3.05) is 39.3 Å². The van der Waals surface area contributed by atoms with Crippen molar-refractivity contribution in [3.8, 4) is 0 Å². The number of hydrogen-bond acceptors (Lipinski definition) is 3. The molecule has 2 rings (SSSR count). The monoisotopic (exact) mass is 211 g/mol. The summed E-state index contributed by atoms with van der Waals surface area (Å²) >= 11 is 0. The Labute approximate surface area is 91.6 Å². The van der Waals surface area contributed by atoms with Crippen LogP contribution in [0.5, 0.6) is 0 Å². The lowest BCUT2D eigenvalue weighted by molar-refractivity contribution is -0.130. The predicted molar refractivity (Wildman–Crippen MR) is 59.7 cm³/mol. The number of nitrogens with zero attached hydrogens (tertiary/aromatic N) is 2. The molecule has 0 aliphatic carbocycles. The van der Waals surface area contributed by atoms with Gasteiger partial charge in [-0.15, -0.1) is 0 Å². The zero-order chi connectivity index (χ0) is 10.7. The number of carbonyl (C=O) groups is 1. The Morgan fingerprint density at radius 1 is 1.47 bits per heavy atom. The molecule has 86 valence electrons. The van der Waals surface area contributed by atoms with E-state index < -0.39 is 0 Å². The first-order valence-corrected chi connectivity index (χ1v) is 6.04. The van der Waals surface area contributed by atoms with E-state index in [9.17, 15) is 4.79 Å². The van der Waals surface area contributed by atoms with Crippen LogP contribution < -0.4 is 5.32 Å². The standard InChI is InChI=1S/C11H21N3O/c1-2-12-5-6-13-7-8-14-10(9-13)3-4-11(14)15/h10,12H,2-9H2,1H3. The minimum Gasteiger partial charge on any atom is -0.337 e. The second-order valence-electron chi connectivity index (χ2n) is 4.43. The molecule has 15 heavy (non-hydrogen) atoms. The summed E-state index contributed by atoms with van der Waals surface area (Å²) in [5.41, 5.74) is 0. The molecule has 2 aliphatic rings. The van der Waals surface area contributed by atoms with Crippen LogP contribution in [0.1, 0.15) is 19.8 Å². The number of piperazine rings is 1. The summed E-state index contributed by atoms with van der Waals surface area (Å²) in [6.45, 7) is 8.43. The van der Waals surface area contributed by atoms with Crippen LogP contribution in [0.2, 0.25) is 0 Å². The number of hydrogen-bond donors (Lipinski definition) is 1. The van der Waals surface area contributed by atoms with Gasteiger partial charge in [-0.1, -0.05) is 6.92 Å². The molecule has 0 aromatic heterocycles. The van der Waals surface area contributed by atoms with Crippen molar-refractivity contribution in [1.29, 1.82) is 0 Å². The normalized spacial score (nSPS) is 27.1. The Kier molecular flexibility index (Phi) is 3.59. The summed E-state index contributed by atoms with van der Waals surface area (Å²) in [5, 5.41) is 3.34. The maximum absolute atomic E-state index is 11.5. The summed E-state index contributed by atoms with van der Waals surface area (Å²) in [6, 6.07) is 0.507. The van der Waals surface area contributed by atoms with E-state index >= 15 is 0 Å². The second kappa shape index (κ2) is 4.94. The summed E-state index contributed by atoms with van der Waals surface area (Å²) in [4.78, 5) is 16.0. The van der Waals surface area contributed by atoms with Gasteiger partial charge in [-0.2, -0.15) is 0 Å². The van der Waals surface area contributed by atoms with Crippen molar-refractivity contribution in [2.45, 2.75) is 25.8 Å². The molecule has 4 heteroatoms. The minimum atomic E-state index is 0.367. The molecule has 2 saturated heterocycles. The van der Waals surface area contributed by atoms with Crippen LogP contribution in [0.4, 0.5) is 0 Å². The highest BCUT2D eigenvalue weighted by Crippen LogP contribution is 2.22. The van der Waals surface area contributed by atoms with Crippen molar-refractivity contribution in [3.05, 3.63) is 0 Å². The van der Waals surface area contributed by atoms with Gasteiger partial charge in [0.2, 0.25) is 5.91 Å². The van der Waals surface area contributed by atoms with Crippen molar-refractivity contribution in [1.82, 2.24) is 15.1 Å². The highest BCUT2D eigenvalue weighted by atomic mass is 16.2. The topological polar surface area (TPSA) is 35.6 Å². The van der Waals surface area contributed by atoms with Gasteiger partial charge in [0.05, 0.1) is 0 Å². The van der Waals surface area contributed by atoms with Gasteiger partial charge in [-0.3, -0.25) is 9.69 Å². The molecule has 4 nitrogen and oxygen atoms in total. The average Bonchev–Trinajstić information content (AvgIpc) is 2.61. The number of carbonyl (C=O) groups excluding carboxylic acids is 1. The van der Waals surface area contributed by atoms with E-state index in [2.05, 4.69) is 22.0 Å². The molecule has 0 aromatic rings. The third kappa shape index (κ3) is 2.49. The third-order valence-electron chi connectivity index (χ3n) is 3.43. The number of amides is 1. The van der Waals surface area contributed by atoms with Gasteiger partial charge in [-0.25, -0.2) is 0 Å². The maximum Gasteiger partial charge on any atom is 0.222 e. The van der Waals surface area contributed by atoms with E-state index in [1.54, 1.807) is 0 Å². The van der Waals surface area contributed by atoms with Crippen LogP contribution in [-0.2, 0) is 4.79 Å². The first kappa shape index (κ1) is 10.9. The number of nitrogens with one attached hydrogen (secondary N) is 1. The van der Waals surface area contributed by atoms with E-state index in [0.29, 0.717) is 11.9 Å². The fourth-order valence-corrected chi connectivity index (χ4v) is 2.55. The number of rotatable bonds is 4. The summed E-state index contributed by atoms with van der Waals surface area (Å²) in [5.74, 6) is 0.367. The zero-order valence-electron chi connectivity index (χ0n) is 9.54. The van der Waals surface area contributed by atoms with Crippen molar-refractivity contribution >= 4 is 5.91 Å². The molecule has 1 atom stereocenters. The fourth-order valence-electron chi connectivity index (χ4n) is 2.55. The molecule has 1 unspecified atom stereocenters. The number of fused-ring (bicyclic) bond motifs is 1. The molecule has 0 saturated carbocycles.